The zero-order chi connectivity index (χ0) is 19.0. The second-order valence-corrected chi connectivity index (χ2v) is 6.36. The lowest BCUT2D eigenvalue weighted by Crippen LogP contribution is -3.14. The summed E-state index contributed by atoms with van der Waals surface area (Å²) < 4.78 is 5.08. The van der Waals surface area contributed by atoms with Gasteiger partial charge in [-0.1, -0.05) is 0 Å². The Morgan fingerprint density at radius 1 is 1.28 bits per heavy atom. The maximum atomic E-state index is 12.3. The summed E-state index contributed by atoms with van der Waals surface area (Å²) in [7, 11) is 3.19. The van der Waals surface area contributed by atoms with E-state index in [1.165, 1.54) is 4.90 Å². The highest BCUT2D eigenvalue weighted by Crippen LogP contribution is 2.14. The molecular formula is C18H27N4O3+. The minimum absolute atomic E-state index is 0.161. The van der Waals surface area contributed by atoms with Crippen LogP contribution < -0.4 is 15.0 Å². The van der Waals surface area contributed by atoms with E-state index in [0.29, 0.717) is 18.0 Å². The van der Waals surface area contributed by atoms with Crippen molar-refractivity contribution in [2.45, 2.75) is 26.3 Å². The number of ether oxygens (including phenoxy) is 1. The molecule has 7 nitrogen and oxygen atoms in total. The van der Waals surface area contributed by atoms with Gasteiger partial charge >= 0.3 is 0 Å². The maximum Gasteiger partial charge on any atom is 0.279 e. The first kappa shape index (κ1) is 20.5. The molecule has 0 saturated carbocycles. The third-order valence-corrected chi connectivity index (χ3v) is 4.17. The molecule has 25 heavy (non-hydrogen) atoms. The van der Waals surface area contributed by atoms with Crippen molar-refractivity contribution in [2.24, 2.45) is 0 Å². The van der Waals surface area contributed by atoms with Crippen molar-refractivity contribution in [3.63, 3.8) is 0 Å². The molecule has 1 rings (SSSR count). The number of methoxy groups -OCH3 is 1. The fourth-order valence-corrected chi connectivity index (χ4v) is 2.14. The van der Waals surface area contributed by atoms with Gasteiger partial charge in [0.2, 0.25) is 0 Å². The van der Waals surface area contributed by atoms with Crippen LogP contribution in [-0.2, 0) is 9.59 Å². The molecule has 0 aliphatic heterocycles. The minimum Gasteiger partial charge on any atom is -0.497 e. The summed E-state index contributed by atoms with van der Waals surface area (Å²) in [6, 6.07) is 9.16. The molecule has 0 bridgehead atoms. The van der Waals surface area contributed by atoms with Gasteiger partial charge in [-0.15, -0.1) is 0 Å². The Morgan fingerprint density at radius 2 is 1.88 bits per heavy atom. The number of likely N-dealkylation sites (N-methyl/N-ethyl adjacent to an activating group) is 2. The van der Waals surface area contributed by atoms with Gasteiger partial charge in [-0.3, -0.25) is 9.59 Å². The first-order valence-electron chi connectivity index (χ1n) is 8.18. The average molecular weight is 347 g/mol. The van der Waals surface area contributed by atoms with Crippen LogP contribution in [0.4, 0.5) is 5.69 Å². The summed E-state index contributed by atoms with van der Waals surface area (Å²) in [6.45, 7) is 6.25. The summed E-state index contributed by atoms with van der Waals surface area (Å²) in [6.07, 6.45) is 0. The molecule has 0 radical (unpaired) electrons. The predicted octanol–water partition coefficient (Wildman–Crippen LogP) is 0.299. The number of rotatable bonds is 8. The lowest BCUT2D eigenvalue weighted by Gasteiger charge is -2.30. The molecule has 0 spiro atoms. The smallest absolute Gasteiger partial charge is 0.279 e. The number of carbonyl (C=O) groups excluding carboxylic acids is 2. The molecule has 2 amide bonds. The van der Waals surface area contributed by atoms with Crippen LogP contribution >= 0.6 is 0 Å². The van der Waals surface area contributed by atoms with E-state index in [9.17, 15) is 9.59 Å². The van der Waals surface area contributed by atoms with E-state index in [0.717, 1.165) is 4.90 Å². The standard InChI is InChI=1S/C18H26N4O3/c1-6-22(12-17(24)21(4)18(2,3)13-19)11-16(23)20-14-7-9-15(25-5)10-8-14/h7-10H,6,11-12H2,1-5H3,(H,20,23)/p+1. The molecule has 1 aromatic rings. The maximum absolute atomic E-state index is 12.3. The average Bonchev–Trinajstić information content (AvgIpc) is 2.60. The molecule has 1 atom stereocenters. The molecule has 0 aliphatic carbocycles. The zero-order valence-corrected chi connectivity index (χ0v) is 15.5. The van der Waals surface area contributed by atoms with E-state index < -0.39 is 5.54 Å². The van der Waals surface area contributed by atoms with Crippen LogP contribution in [0.3, 0.4) is 0 Å². The Labute approximate surface area is 149 Å². The van der Waals surface area contributed by atoms with Gasteiger partial charge < -0.3 is 19.9 Å². The summed E-state index contributed by atoms with van der Waals surface area (Å²) in [5.41, 5.74) is -0.198. The monoisotopic (exact) mass is 347 g/mol. The Kier molecular flexibility index (Phi) is 7.40. The highest BCUT2D eigenvalue weighted by Gasteiger charge is 2.29. The number of nitrogens with zero attached hydrogens (tertiary/aromatic N) is 2. The summed E-state index contributed by atoms with van der Waals surface area (Å²) in [4.78, 5) is 26.8. The lowest BCUT2D eigenvalue weighted by molar-refractivity contribution is -0.882. The number of anilines is 1. The molecule has 0 heterocycles. The molecule has 1 aromatic carbocycles. The number of nitrogens with one attached hydrogen (secondary N) is 2. The van der Waals surface area contributed by atoms with Gasteiger partial charge in [0.1, 0.15) is 11.3 Å². The molecule has 0 aromatic heterocycles. The van der Waals surface area contributed by atoms with Crippen LogP contribution in [-0.4, -0.2) is 56.0 Å². The number of benzene rings is 1. The van der Waals surface area contributed by atoms with Gasteiger partial charge in [-0.05, 0) is 45.0 Å². The van der Waals surface area contributed by atoms with Gasteiger partial charge in [0.05, 0.1) is 19.7 Å². The van der Waals surface area contributed by atoms with Crippen molar-refractivity contribution in [2.75, 3.05) is 39.1 Å². The largest absolute Gasteiger partial charge is 0.497 e. The number of carbonyl (C=O) groups is 2. The molecule has 0 saturated heterocycles. The van der Waals surface area contributed by atoms with Gasteiger partial charge in [0, 0.05) is 12.7 Å². The topological polar surface area (TPSA) is 86.9 Å². The van der Waals surface area contributed by atoms with Gasteiger partial charge in [0.25, 0.3) is 11.8 Å². The molecule has 0 aliphatic rings. The van der Waals surface area contributed by atoms with Crippen molar-refractivity contribution < 1.29 is 19.2 Å². The predicted molar refractivity (Wildman–Crippen MR) is 95.3 cm³/mol. The lowest BCUT2D eigenvalue weighted by atomic mass is 10.1. The fraction of sp³-hybridized carbons (Fsp3) is 0.500. The Morgan fingerprint density at radius 3 is 2.36 bits per heavy atom. The van der Waals surface area contributed by atoms with E-state index in [-0.39, 0.29) is 24.9 Å². The first-order valence-corrected chi connectivity index (χ1v) is 8.18. The summed E-state index contributed by atoms with van der Waals surface area (Å²) in [5.74, 6) is 0.380. The Hall–Kier alpha value is -2.59. The van der Waals surface area contributed by atoms with Crippen LogP contribution in [0.5, 0.6) is 5.75 Å². The number of amides is 2. The Balaban J connectivity index is 2.61. The van der Waals surface area contributed by atoms with Crippen LogP contribution in [0.2, 0.25) is 0 Å². The Bertz CT molecular complexity index is 635. The second-order valence-electron chi connectivity index (χ2n) is 6.36. The van der Waals surface area contributed by atoms with Crippen molar-refractivity contribution >= 4 is 17.5 Å². The molecule has 0 fully saturated rings. The van der Waals surface area contributed by atoms with Gasteiger partial charge in [-0.25, -0.2) is 0 Å². The highest BCUT2D eigenvalue weighted by molar-refractivity contribution is 5.91. The van der Waals surface area contributed by atoms with Crippen LogP contribution in [0.15, 0.2) is 24.3 Å². The summed E-state index contributed by atoms with van der Waals surface area (Å²) >= 11 is 0. The van der Waals surface area contributed by atoms with E-state index >= 15 is 0 Å². The zero-order valence-electron chi connectivity index (χ0n) is 15.5. The first-order chi connectivity index (χ1) is 11.7. The van der Waals surface area contributed by atoms with Crippen molar-refractivity contribution in [3.05, 3.63) is 24.3 Å². The van der Waals surface area contributed by atoms with E-state index in [2.05, 4.69) is 11.4 Å². The molecule has 7 heteroatoms. The molecule has 136 valence electrons. The number of nitriles is 1. The SMILES string of the molecule is CC[NH+](CC(=O)Nc1ccc(OC)cc1)CC(=O)N(C)C(C)(C)C#N. The minimum atomic E-state index is -0.874. The fourth-order valence-electron chi connectivity index (χ4n) is 2.14. The van der Waals surface area contributed by atoms with E-state index in [1.54, 1.807) is 52.3 Å². The third kappa shape index (κ3) is 6.08. The van der Waals surface area contributed by atoms with E-state index in [4.69, 9.17) is 10.00 Å². The third-order valence-electron chi connectivity index (χ3n) is 4.17. The van der Waals surface area contributed by atoms with Crippen molar-refractivity contribution in [1.82, 2.24) is 4.90 Å². The van der Waals surface area contributed by atoms with Gasteiger partial charge in [0.15, 0.2) is 13.1 Å². The second kappa shape index (κ2) is 9.04. The van der Waals surface area contributed by atoms with Crippen LogP contribution in [0, 0.1) is 11.3 Å². The summed E-state index contributed by atoms with van der Waals surface area (Å²) in [5, 5.41) is 11.9. The van der Waals surface area contributed by atoms with Crippen LogP contribution in [0.25, 0.3) is 0 Å². The number of quaternary nitrogens is 1. The molecule has 1 unspecified atom stereocenters. The number of hydrogen-bond donors (Lipinski definition) is 2. The quantitative estimate of drug-likeness (QED) is 0.708. The van der Waals surface area contributed by atoms with Crippen molar-refractivity contribution in [1.29, 1.82) is 5.26 Å². The van der Waals surface area contributed by atoms with Crippen molar-refractivity contribution in [3.8, 4) is 11.8 Å². The normalized spacial score (nSPS) is 12.0. The molecular weight excluding hydrogens is 320 g/mol. The highest BCUT2D eigenvalue weighted by atomic mass is 16.5. The van der Waals surface area contributed by atoms with Gasteiger partial charge in [-0.2, -0.15) is 5.26 Å². The number of hydrogen-bond acceptors (Lipinski definition) is 4. The van der Waals surface area contributed by atoms with Crippen LogP contribution in [0.1, 0.15) is 20.8 Å². The molecule has 2 N–H and O–H groups in total. The van der Waals surface area contributed by atoms with E-state index in [1.807, 2.05) is 6.92 Å².